The molecule has 6 amide bonds. The van der Waals surface area contributed by atoms with E-state index in [0.717, 1.165) is 9.80 Å². The van der Waals surface area contributed by atoms with Gasteiger partial charge in [-0.25, -0.2) is 4.79 Å². The number of hydrogen-bond acceptors (Lipinski definition) is 13. The number of phenols is 1. The molecule has 52 heavy (non-hydrogen) atoms. The smallest absolute Gasteiger partial charge is 0.328 e. The fourth-order valence-electron chi connectivity index (χ4n) is 6.00. The molecule has 20 nitrogen and oxygen atoms in total. The van der Waals surface area contributed by atoms with Gasteiger partial charge in [0, 0.05) is 13.1 Å². The predicted molar refractivity (Wildman–Crippen MR) is 178 cm³/mol. The standard InChI is InChI=1S/C32H47N7O13/c1-16(43)25(29(48)35-21(14-41)31(50)38-10-2-4-23(38)27(46)36-22(15-42)32(51)52)37-28(47)24-5-3-11-39(24)30(49)20(13-40)34-26(45)19(33)12-17-6-8-18(44)9-7-17/h6-9,16,19-25,40-44H,2-5,10-15,33H2,1H3,(H,34,45)(H,35,48)(H,36,46)(H,37,47)(H,51,52). The molecular weight excluding hydrogens is 690 g/mol. The Labute approximate surface area is 298 Å². The third kappa shape index (κ3) is 10.6. The number of rotatable bonds is 17. The number of amides is 6. The van der Waals surface area contributed by atoms with Gasteiger partial charge in [-0.2, -0.15) is 0 Å². The first-order valence-corrected chi connectivity index (χ1v) is 16.7. The number of aromatic hydroxyl groups is 1. The van der Waals surface area contributed by atoms with Crippen molar-refractivity contribution >= 4 is 41.4 Å². The Morgan fingerprint density at radius 1 is 0.750 bits per heavy atom. The van der Waals surface area contributed by atoms with Gasteiger partial charge in [-0.1, -0.05) is 12.1 Å². The second-order valence-corrected chi connectivity index (χ2v) is 12.7. The zero-order valence-corrected chi connectivity index (χ0v) is 28.5. The van der Waals surface area contributed by atoms with Gasteiger partial charge in [0.1, 0.15) is 42.0 Å². The number of carboxylic acids is 1. The molecule has 12 N–H and O–H groups in total. The minimum atomic E-state index is -1.68. The summed E-state index contributed by atoms with van der Waals surface area (Å²) in [6.45, 7) is -1.39. The van der Waals surface area contributed by atoms with Crippen LogP contribution in [0.25, 0.3) is 0 Å². The van der Waals surface area contributed by atoms with E-state index in [2.05, 4.69) is 21.3 Å². The lowest BCUT2D eigenvalue weighted by Gasteiger charge is -2.31. The summed E-state index contributed by atoms with van der Waals surface area (Å²) in [5, 5.41) is 67.3. The maximum Gasteiger partial charge on any atom is 0.328 e. The van der Waals surface area contributed by atoms with Crippen LogP contribution in [0.5, 0.6) is 5.75 Å². The Morgan fingerprint density at radius 3 is 1.65 bits per heavy atom. The molecule has 2 aliphatic rings. The molecule has 8 unspecified atom stereocenters. The summed E-state index contributed by atoms with van der Waals surface area (Å²) in [5.41, 5.74) is 6.62. The van der Waals surface area contributed by atoms with E-state index in [4.69, 9.17) is 10.8 Å². The fourth-order valence-corrected chi connectivity index (χ4v) is 6.00. The van der Waals surface area contributed by atoms with Crippen LogP contribution in [0.15, 0.2) is 24.3 Å². The van der Waals surface area contributed by atoms with Gasteiger partial charge in [0.25, 0.3) is 0 Å². The topological polar surface area (TPSA) is 321 Å². The average Bonchev–Trinajstić information content (AvgIpc) is 3.81. The third-order valence-corrected chi connectivity index (χ3v) is 8.86. The number of aliphatic hydroxyl groups excluding tert-OH is 4. The van der Waals surface area contributed by atoms with Crippen LogP contribution in [-0.2, 0) is 40.0 Å². The lowest BCUT2D eigenvalue weighted by atomic mass is 10.1. The first-order chi connectivity index (χ1) is 24.6. The quantitative estimate of drug-likeness (QED) is 0.0712. The van der Waals surface area contributed by atoms with Crippen LogP contribution in [0.2, 0.25) is 0 Å². The second kappa shape index (κ2) is 19.1. The van der Waals surface area contributed by atoms with E-state index in [1.807, 2.05) is 0 Å². The zero-order valence-electron chi connectivity index (χ0n) is 28.5. The molecule has 0 bridgehead atoms. The molecular formula is C32H47N7O13. The van der Waals surface area contributed by atoms with Crippen LogP contribution in [0.4, 0.5) is 0 Å². The Kier molecular flexibility index (Phi) is 15.2. The first-order valence-electron chi connectivity index (χ1n) is 16.7. The fraction of sp³-hybridized carbons (Fsp3) is 0.594. The average molecular weight is 738 g/mol. The highest BCUT2D eigenvalue weighted by Crippen LogP contribution is 2.21. The van der Waals surface area contributed by atoms with E-state index in [1.54, 1.807) is 12.1 Å². The van der Waals surface area contributed by atoms with Crippen molar-refractivity contribution in [1.82, 2.24) is 31.1 Å². The number of hydrogen-bond donors (Lipinski definition) is 11. The normalized spacial score (nSPS) is 20.5. The van der Waals surface area contributed by atoms with E-state index in [9.17, 15) is 59.1 Å². The van der Waals surface area contributed by atoms with Gasteiger partial charge in [-0.15, -0.1) is 0 Å². The summed E-state index contributed by atoms with van der Waals surface area (Å²) in [4.78, 5) is 92.3. The molecule has 1 aromatic carbocycles. The summed E-state index contributed by atoms with van der Waals surface area (Å²) in [6, 6.07) is -3.88. The van der Waals surface area contributed by atoms with Crippen molar-refractivity contribution in [3.05, 3.63) is 29.8 Å². The molecule has 2 saturated heterocycles. The lowest BCUT2D eigenvalue weighted by molar-refractivity contribution is -0.146. The number of carbonyl (C=O) groups is 7. The van der Waals surface area contributed by atoms with Gasteiger partial charge in [0.15, 0.2) is 0 Å². The molecule has 0 aromatic heterocycles. The number of carboxylic acid groups (broad SMARTS) is 1. The zero-order chi connectivity index (χ0) is 38.7. The SMILES string of the molecule is CC(O)C(NC(=O)C1CCCN1C(=O)C(CO)NC(=O)C(N)Cc1ccc(O)cc1)C(=O)NC(CO)C(=O)N1CCCC1C(=O)NC(CO)C(=O)O. The van der Waals surface area contributed by atoms with Crippen molar-refractivity contribution in [2.75, 3.05) is 32.9 Å². The van der Waals surface area contributed by atoms with Crippen LogP contribution < -0.4 is 27.0 Å². The lowest BCUT2D eigenvalue weighted by Crippen LogP contribution is -2.62. The van der Waals surface area contributed by atoms with E-state index in [1.165, 1.54) is 19.1 Å². The molecule has 2 fully saturated rings. The van der Waals surface area contributed by atoms with Gasteiger partial charge in [-0.3, -0.25) is 28.8 Å². The number of aliphatic carboxylic acids is 1. The van der Waals surface area contributed by atoms with E-state index in [-0.39, 0.29) is 38.1 Å². The molecule has 0 saturated carbocycles. The molecule has 288 valence electrons. The van der Waals surface area contributed by atoms with Gasteiger partial charge >= 0.3 is 5.97 Å². The first kappa shape index (κ1) is 41.5. The van der Waals surface area contributed by atoms with E-state index in [0.29, 0.717) is 18.4 Å². The number of nitrogens with two attached hydrogens (primary N) is 1. The highest BCUT2D eigenvalue weighted by molar-refractivity contribution is 5.97. The van der Waals surface area contributed by atoms with Crippen LogP contribution in [0.1, 0.15) is 38.2 Å². The molecule has 8 atom stereocenters. The van der Waals surface area contributed by atoms with Gasteiger partial charge in [0.05, 0.1) is 32.0 Å². The summed E-state index contributed by atoms with van der Waals surface area (Å²) >= 11 is 0. The third-order valence-electron chi connectivity index (χ3n) is 8.86. The Hall–Kier alpha value is -4.89. The molecule has 1 aromatic rings. The van der Waals surface area contributed by atoms with E-state index >= 15 is 0 Å². The molecule has 0 aliphatic carbocycles. The maximum absolute atomic E-state index is 13.4. The van der Waals surface area contributed by atoms with Crippen LogP contribution in [0.3, 0.4) is 0 Å². The summed E-state index contributed by atoms with van der Waals surface area (Å²) in [5.74, 6) is -6.73. The summed E-state index contributed by atoms with van der Waals surface area (Å²) in [6.07, 6.45) is -0.530. The van der Waals surface area contributed by atoms with Gasteiger partial charge in [-0.05, 0) is 56.7 Å². The molecule has 0 spiro atoms. The van der Waals surface area contributed by atoms with Crippen molar-refractivity contribution in [1.29, 1.82) is 0 Å². The van der Waals surface area contributed by atoms with Crippen molar-refractivity contribution in [3.63, 3.8) is 0 Å². The second-order valence-electron chi connectivity index (χ2n) is 12.7. The molecule has 2 heterocycles. The highest BCUT2D eigenvalue weighted by Gasteiger charge is 2.42. The van der Waals surface area contributed by atoms with Crippen LogP contribution >= 0.6 is 0 Å². The number of phenolic OH excluding ortho intramolecular Hbond substituents is 1. The van der Waals surface area contributed by atoms with Gasteiger partial charge in [0.2, 0.25) is 35.4 Å². The largest absolute Gasteiger partial charge is 0.508 e. The van der Waals surface area contributed by atoms with Crippen molar-refractivity contribution in [2.45, 2.75) is 87.4 Å². The van der Waals surface area contributed by atoms with Crippen molar-refractivity contribution < 1.29 is 64.2 Å². The summed E-state index contributed by atoms with van der Waals surface area (Å²) in [7, 11) is 0. The number of carbonyl (C=O) groups excluding carboxylic acids is 6. The minimum Gasteiger partial charge on any atom is -0.508 e. The molecule has 2 aliphatic heterocycles. The number of benzene rings is 1. The van der Waals surface area contributed by atoms with Crippen molar-refractivity contribution in [3.8, 4) is 5.75 Å². The Balaban J connectivity index is 1.64. The molecule has 20 heteroatoms. The Bertz CT molecular complexity index is 1460. The predicted octanol–water partition coefficient (Wildman–Crippen LogP) is -5.37. The maximum atomic E-state index is 13.4. The van der Waals surface area contributed by atoms with Crippen LogP contribution in [-0.4, -0.2) is 163 Å². The molecule has 0 radical (unpaired) electrons. The van der Waals surface area contributed by atoms with Crippen molar-refractivity contribution in [2.24, 2.45) is 5.73 Å². The highest BCUT2D eigenvalue weighted by atomic mass is 16.4. The monoisotopic (exact) mass is 737 g/mol. The molecule has 3 rings (SSSR count). The van der Waals surface area contributed by atoms with Crippen LogP contribution in [0, 0.1) is 0 Å². The van der Waals surface area contributed by atoms with Gasteiger partial charge < -0.3 is 67.4 Å². The Morgan fingerprint density at radius 2 is 1.21 bits per heavy atom. The number of nitrogens with one attached hydrogen (secondary N) is 4. The minimum absolute atomic E-state index is 0.0238. The number of likely N-dealkylation sites (tertiary alicyclic amines) is 2. The van der Waals surface area contributed by atoms with E-state index < -0.39 is 110 Å². The summed E-state index contributed by atoms with van der Waals surface area (Å²) < 4.78 is 0. The number of nitrogens with zero attached hydrogens (tertiary/aromatic N) is 2. The number of aliphatic hydroxyl groups is 4.